The van der Waals surface area contributed by atoms with Gasteiger partial charge in [0.15, 0.2) is 0 Å². The van der Waals surface area contributed by atoms with Crippen molar-refractivity contribution in [3.8, 4) is 0 Å². The average molecular weight is 214 g/mol. The van der Waals surface area contributed by atoms with Crippen LogP contribution in [0.1, 0.15) is 20.8 Å². The summed E-state index contributed by atoms with van der Waals surface area (Å²) in [6.45, 7) is 14.0. The summed E-state index contributed by atoms with van der Waals surface area (Å²) in [6, 6.07) is 1.08. The van der Waals surface area contributed by atoms with Crippen LogP contribution >= 0.6 is 0 Å². The summed E-state index contributed by atoms with van der Waals surface area (Å²) in [5.41, 5.74) is 0. The van der Waals surface area contributed by atoms with Crippen LogP contribution in [-0.4, -0.2) is 50.3 Å². The minimum Gasteiger partial charge on any atom is -0.383 e. The summed E-state index contributed by atoms with van der Waals surface area (Å²) >= 11 is 0. The largest absolute Gasteiger partial charge is 0.383 e. The van der Waals surface area contributed by atoms with Crippen molar-refractivity contribution in [3.63, 3.8) is 0 Å². The minimum atomic E-state index is 0.528. The number of nitrogens with zero attached hydrogens (tertiary/aromatic N) is 1. The lowest BCUT2D eigenvalue weighted by Crippen LogP contribution is -2.45. The molecule has 3 heteroatoms. The Morgan fingerprint density at radius 2 is 2.07 bits per heavy atom. The molecule has 90 valence electrons. The van der Waals surface area contributed by atoms with Crippen LogP contribution in [-0.2, 0) is 4.74 Å². The quantitative estimate of drug-likeness (QED) is 0.465. The van der Waals surface area contributed by atoms with Crippen molar-refractivity contribution >= 4 is 0 Å². The fourth-order valence-electron chi connectivity index (χ4n) is 1.70. The zero-order chi connectivity index (χ0) is 11.7. The predicted molar refractivity (Wildman–Crippen MR) is 66.2 cm³/mol. The van der Waals surface area contributed by atoms with Crippen LogP contribution in [0.5, 0.6) is 0 Å². The van der Waals surface area contributed by atoms with E-state index >= 15 is 0 Å². The molecule has 0 heterocycles. The van der Waals surface area contributed by atoms with Gasteiger partial charge in [0.2, 0.25) is 0 Å². The Hall–Kier alpha value is -0.380. The van der Waals surface area contributed by atoms with Crippen LogP contribution in [0, 0.1) is 0 Å². The summed E-state index contributed by atoms with van der Waals surface area (Å²) in [7, 11) is 1.75. The van der Waals surface area contributed by atoms with Crippen molar-refractivity contribution in [2.45, 2.75) is 32.9 Å². The highest BCUT2D eigenvalue weighted by atomic mass is 16.5. The van der Waals surface area contributed by atoms with E-state index in [4.69, 9.17) is 4.74 Å². The van der Waals surface area contributed by atoms with E-state index in [-0.39, 0.29) is 0 Å². The van der Waals surface area contributed by atoms with Crippen molar-refractivity contribution in [3.05, 3.63) is 12.7 Å². The second-order valence-corrected chi connectivity index (χ2v) is 4.12. The molecule has 1 unspecified atom stereocenters. The predicted octanol–water partition coefficient (Wildman–Crippen LogP) is 1.51. The average Bonchev–Trinajstić information content (AvgIpc) is 2.18. The van der Waals surface area contributed by atoms with Gasteiger partial charge in [-0.05, 0) is 20.8 Å². The highest BCUT2D eigenvalue weighted by Crippen LogP contribution is 2.04. The van der Waals surface area contributed by atoms with Crippen molar-refractivity contribution in [2.75, 3.05) is 33.4 Å². The smallest absolute Gasteiger partial charge is 0.0589 e. The molecule has 0 aromatic heterocycles. The molecule has 0 aromatic carbocycles. The SMILES string of the molecule is C=CCNCC(C)N(CCOC)C(C)C. The Morgan fingerprint density at radius 1 is 1.40 bits per heavy atom. The Kier molecular flexibility index (Phi) is 8.67. The number of hydrogen-bond donors (Lipinski definition) is 1. The maximum absolute atomic E-state index is 5.12. The van der Waals surface area contributed by atoms with Crippen molar-refractivity contribution in [1.82, 2.24) is 10.2 Å². The summed E-state index contributed by atoms with van der Waals surface area (Å²) < 4.78 is 5.12. The van der Waals surface area contributed by atoms with Crippen molar-refractivity contribution in [1.29, 1.82) is 0 Å². The first kappa shape index (κ1) is 14.6. The molecular formula is C12H26N2O. The Morgan fingerprint density at radius 3 is 2.53 bits per heavy atom. The lowest BCUT2D eigenvalue weighted by molar-refractivity contribution is 0.101. The standard InChI is InChI=1S/C12H26N2O/c1-6-7-13-10-12(4)14(11(2)3)8-9-15-5/h6,11-13H,1,7-10H2,2-5H3. The second-order valence-electron chi connectivity index (χ2n) is 4.12. The van der Waals surface area contributed by atoms with Gasteiger partial charge >= 0.3 is 0 Å². The van der Waals surface area contributed by atoms with Crippen molar-refractivity contribution < 1.29 is 4.74 Å². The molecule has 0 aliphatic heterocycles. The summed E-state index contributed by atoms with van der Waals surface area (Å²) in [6.07, 6.45) is 1.89. The van der Waals surface area contributed by atoms with Crippen LogP contribution in [0.25, 0.3) is 0 Å². The molecule has 0 aliphatic carbocycles. The lowest BCUT2D eigenvalue weighted by atomic mass is 10.2. The van der Waals surface area contributed by atoms with Gasteiger partial charge in [-0.3, -0.25) is 4.90 Å². The van der Waals surface area contributed by atoms with Crippen molar-refractivity contribution in [2.24, 2.45) is 0 Å². The first-order valence-electron chi connectivity index (χ1n) is 5.69. The van der Waals surface area contributed by atoms with Gasteiger partial charge in [0.25, 0.3) is 0 Å². The van der Waals surface area contributed by atoms with E-state index in [1.165, 1.54) is 0 Å². The number of rotatable bonds is 9. The third kappa shape index (κ3) is 6.66. The minimum absolute atomic E-state index is 0.528. The molecule has 0 rings (SSSR count). The van der Waals surface area contributed by atoms with Crippen LogP contribution in [0.15, 0.2) is 12.7 Å². The molecule has 15 heavy (non-hydrogen) atoms. The van der Waals surface area contributed by atoms with Crippen LogP contribution < -0.4 is 5.32 Å². The number of ether oxygens (including phenoxy) is 1. The van der Waals surface area contributed by atoms with E-state index < -0.39 is 0 Å². The number of methoxy groups -OCH3 is 1. The summed E-state index contributed by atoms with van der Waals surface area (Å²) in [5, 5.41) is 3.35. The maximum Gasteiger partial charge on any atom is 0.0589 e. The van der Waals surface area contributed by atoms with Gasteiger partial charge in [0.05, 0.1) is 6.61 Å². The fourth-order valence-corrected chi connectivity index (χ4v) is 1.70. The van der Waals surface area contributed by atoms with Gasteiger partial charge in [-0.1, -0.05) is 6.08 Å². The highest BCUT2D eigenvalue weighted by Gasteiger charge is 2.15. The zero-order valence-corrected chi connectivity index (χ0v) is 10.6. The Balaban J connectivity index is 3.92. The molecule has 0 fully saturated rings. The van der Waals surface area contributed by atoms with Gasteiger partial charge in [-0.2, -0.15) is 0 Å². The molecule has 1 N–H and O–H groups in total. The van der Waals surface area contributed by atoms with Gasteiger partial charge in [0.1, 0.15) is 0 Å². The molecule has 0 amide bonds. The zero-order valence-electron chi connectivity index (χ0n) is 10.6. The third-order valence-electron chi connectivity index (χ3n) is 2.51. The molecule has 0 bridgehead atoms. The first-order valence-corrected chi connectivity index (χ1v) is 5.69. The van der Waals surface area contributed by atoms with Gasteiger partial charge < -0.3 is 10.1 Å². The highest BCUT2D eigenvalue weighted by molar-refractivity contribution is 4.76. The third-order valence-corrected chi connectivity index (χ3v) is 2.51. The molecule has 0 saturated heterocycles. The first-order chi connectivity index (χ1) is 7.13. The van der Waals surface area contributed by atoms with E-state index in [1.807, 2.05) is 6.08 Å². The number of hydrogen-bond acceptors (Lipinski definition) is 3. The van der Waals surface area contributed by atoms with E-state index in [2.05, 4.69) is 37.6 Å². The molecule has 0 aliphatic rings. The molecular weight excluding hydrogens is 188 g/mol. The van der Waals surface area contributed by atoms with Crippen LogP contribution in [0.3, 0.4) is 0 Å². The molecule has 3 nitrogen and oxygen atoms in total. The summed E-state index contributed by atoms with van der Waals surface area (Å²) in [5.74, 6) is 0. The van der Waals surface area contributed by atoms with Gasteiger partial charge in [-0.25, -0.2) is 0 Å². The van der Waals surface area contributed by atoms with E-state index in [9.17, 15) is 0 Å². The number of nitrogens with one attached hydrogen (secondary N) is 1. The Labute approximate surface area is 94.5 Å². The summed E-state index contributed by atoms with van der Waals surface area (Å²) in [4.78, 5) is 2.44. The molecule has 0 saturated carbocycles. The maximum atomic E-state index is 5.12. The Bertz CT molecular complexity index is 160. The topological polar surface area (TPSA) is 24.5 Å². The lowest BCUT2D eigenvalue weighted by Gasteiger charge is -2.32. The van der Waals surface area contributed by atoms with Crippen LogP contribution in [0.2, 0.25) is 0 Å². The molecule has 0 spiro atoms. The van der Waals surface area contributed by atoms with E-state index in [0.29, 0.717) is 12.1 Å². The monoisotopic (exact) mass is 214 g/mol. The fraction of sp³-hybridized carbons (Fsp3) is 0.833. The van der Waals surface area contributed by atoms with Gasteiger partial charge in [0, 0.05) is 38.8 Å². The van der Waals surface area contributed by atoms with Gasteiger partial charge in [-0.15, -0.1) is 6.58 Å². The molecule has 1 atom stereocenters. The molecule has 0 aromatic rings. The van der Waals surface area contributed by atoms with E-state index in [0.717, 1.165) is 26.2 Å². The molecule has 0 radical (unpaired) electrons. The van der Waals surface area contributed by atoms with E-state index in [1.54, 1.807) is 7.11 Å². The second kappa shape index (κ2) is 8.89. The van der Waals surface area contributed by atoms with Crippen LogP contribution in [0.4, 0.5) is 0 Å². The normalized spacial score (nSPS) is 13.5.